The van der Waals surface area contributed by atoms with Gasteiger partial charge in [-0.2, -0.15) is 0 Å². The second-order valence-corrected chi connectivity index (χ2v) is 8.90. The van der Waals surface area contributed by atoms with Crippen molar-refractivity contribution in [3.05, 3.63) is 42.1 Å². The van der Waals surface area contributed by atoms with Crippen LogP contribution in [0.4, 0.5) is 5.69 Å². The van der Waals surface area contributed by atoms with Gasteiger partial charge in [0.2, 0.25) is 17.7 Å². The quantitative estimate of drug-likeness (QED) is 0.807. The zero-order valence-corrected chi connectivity index (χ0v) is 17.4. The van der Waals surface area contributed by atoms with E-state index in [1.54, 1.807) is 42.1 Å². The van der Waals surface area contributed by atoms with E-state index in [4.69, 9.17) is 9.47 Å². The Labute approximate surface area is 173 Å². The van der Waals surface area contributed by atoms with E-state index in [-0.39, 0.29) is 16.7 Å². The molecule has 2 aliphatic heterocycles. The lowest BCUT2D eigenvalue weighted by Crippen LogP contribution is -2.48. The fraction of sp³-hybridized carbons (Fsp3) is 0.381. The molecule has 1 aromatic carbocycles. The number of nitrogens with one attached hydrogen (secondary N) is 1. The van der Waals surface area contributed by atoms with Crippen LogP contribution in [-0.2, 0) is 9.59 Å². The summed E-state index contributed by atoms with van der Waals surface area (Å²) in [4.78, 5) is 30.7. The number of ether oxygens (including phenoxy) is 2. The van der Waals surface area contributed by atoms with Gasteiger partial charge in [-0.25, -0.2) is 4.98 Å². The molecule has 2 saturated heterocycles. The number of thioether (sulfide) groups is 1. The molecule has 7 nitrogen and oxygen atoms in total. The summed E-state index contributed by atoms with van der Waals surface area (Å²) in [5, 5.41) is 2.87. The van der Waals surface area contributed by atoms with Crippen molar-refractivity contribution in [1.29, 1.82) is 0 Å². The molecule has 1 N–H and O–H groups in total. The van der Waals surface area contributed by atoms with Crippen molar-refractivity contribution < 1.29 is 19.1 Å². The number of carbonyl (C=O) groups is 2. The van der Waals surface area contributed by atoms with Gasteiger partial charge < -0.3 is 19.7 Å². The van der Waals surface area contributed by atoms with Crippen molar-refractivity contribution >= 4 is 29.3 Å². The van der Waals surface area contributed by atoms with E-state index < -0.39 is 6.04 Å². The first-order valence-electron chi connectivity index (χ1n) is 9.45. The van der Waals surface area contributed by atoms with Crippen LogP contribution in [0.25, 0.3) is 0 Å². The molecule has 0 bridgehead atoms. The normalized spacial score (nSPS) is 23.1. The minimum atomic E-state index is -0.451. The Morgan fingerprint density at radius 3 is 2.86 bits per heavy atom. The molecule has 1 aromatic heterocycles. The van der Waals surface area contributed by atoms with Crippen molar-refractivity contribution in [2.45, 2.75) is 37.6 Å². The monoisotopic (exact) mass is 413 g/mol. The molecular formula is C21H23N3O4S. The van der Waals surface area contributed by atoms with E-state index in [9.17, 15) is 9.59 Å². The van der Waals surface area contributed by atoms with Crippen LogP contribution in [0.1, 0.15) is 25.3 Å². The molecule has 2 aromatic rings. The third kappa shape index (κ3) is 3.76. The second-order valence-electron chi connectivity index (χ2n) is 7.40. The number of carbonyl (C=O) groups excluding carboxylic acids is 2. The number of hydrogen-bond acceptors (Lipinski definition) is 6. The van der Waals surface area contributed by atoms with Gasteiger partial charge in [0.25, 0.3) is 0 Å². The van der Waals surface area contributed by atoms with E-state index >= 15 is 0 Å². The number of anilines is 1. The van der Waals surface area contributed by atoms with Gasteiger partial charge in [-0.1, -0.05) is 6.07 Å². The van der Waals surface area contributed by atoms with E-state index in [1.165, 1.54) is 0 Å². The summed E-state index contributed by atoms with van der Waals surface area (Å²) in [5.74, 6) is 2.05. The zero-order chi connectivity index (χ0) is 20.6. The number of hydrogen-bond donors (Lipinski definition) is 1. The topological polar surface area (TPSA) is 80.8 Å². The average Bonchev–Trinajstić information content (AvgIpc) is 3.20. The highest BCUT2D eigenvalue weighted by atomic mass is 32.2. The second kappa shape index (κ2) is 7.59. The molecule has 3 heterocycles. The zero-order valence-electron chi connectivity index (χ0n) is 16.6. The van der Waals surface area contributed by atoms with Gasteiger partial charge in [0, 0.05) is 18.2 Å². The number of nitrogens with zero attached hydrogens (tertiary/aromatic N) is 2. The predicted octanol–water partition coefficient (Wildman–Crippen LogP) is 3.58. The van der Waals surface area contributed by atoms with E-state index in [0.717, 1.165) is 12.0 Å². The minimum Gasteiger partial charge on any atom is -0.493 e. The summed E-state index contributed by atoms with van der Waals surface area (Å²) >= 11 is 1.67. The molecule has 0 radical (unpaired) electrons. The van der Waals surface area contributed by atoms with Crippen LogP contribution in [0, 0.1) is 6.92 Å². The largest absolute Gasteiger partial charge is 0.493 e. The number of benzene rings is 1. The number of fused-ring (bicyclic) bond motifs is 1. The predicted molar refractivity (Wildman–Crippen MR) is 111 cm³/mol. The standard InChI is InChI=1S/C21H23N3O4S/c1-13-4-6-16(17(10-13)27-3)28-18-7-5-14(11-22-18)23-20(26)15-12-29-21(2)9-8-19(25)24(15)21/h4-7,10-11,15H,8-9,12H2,1-3H3,(H,23,26)/t15-,21-/m0/s1. The fourth-order valence-corrected chi connectivity index (χ4v) is 5.16. The Hall–Kier alpha value is -2.74. The highest BCUT2D eigenvalue weighted by Crippen LogP contribution is 2.47. The van der Waals surface area contributed by atoms with Crippen LogP contribution >= 0.6 is 11.8 Å². The third-order valence-electron chi connectivity index (χ3n) is 5.29. The average molecular weight is 413 g/mol. The maximum atomic E-state index is 12.7. The van der Waals surface area contributed by atoms with Crippen molar-refractivity contribution in [2.75, 3.05) is 18.2 Å². The van der Waals surface area contributed by atoms with E-state index in [0.29, 0.717) is 35.2 Å². The Bertz CT molecular complexity index is 949. The van der Waals surface area contributed by atoms with Gasteiger partial charge >= 0.3 is 0 Å². The van der Waals surface area contributed by atoms with Gasteiger partial charge in [0.15, 0.2) is 11.5 Å². The first-order valence-corrected chi connectivity index (χ1v) is 10.4. The molecule has 0 aliphatic carbocycles. The Morgan fingerprint density at radius 2 is 2.14 bits per heavy atom. The first-order chi connectivity index (χ1) is 13.9. The molecule has 152 valence electrons. The van der Waals surface area contributed by atoms with Crippen molar-refractivity contribution in [3.63, 3.8) is 0 Å². The van der Waals surface area contributed by atoms with Crippen LogP contribution in [0.3, 0.4) is 0 Å². The molecule has 2 fully saturated rings. The third-order valence-corrected chi connectivity index (χ3v) is 6.79. The van der Waals surface area contributed by atoms with E-state index in [2.05, 4.69) is 10.3 Å². The summed E-state index contributed by atoms with van der Waals surface area (Å²) in [6.45, 7) is 4.01. The highest BCUT2D eigenvalue weighted by molar-refractivity contribution is 8.01. The molecule has 0 spiro atoms. The van der Waals surface area contributed by atoms with Crippen LogP contribution < -0.4 is 14.8 Å². The summed E-state index contributed by atoms with van der Waals surface area (Å²) in [6.07, 6.45) is 2.83. The first kappa shape index (κ1) is 19.6. The summed E-state index contributed by atoms with van der Waals surface area (Å²) in [6, 6.07) is 8.61. The lowest BCUT2D eigenvalue weighted by atomic mass is 10.2. The Kier molecular flexibility index (Phi) is 5.12. The number of pyridine rings is 1. The summed E-state index contributed by atoms with van der Waals surface area (Å²) < 4.78 is 11.1. The molecule has 0 unspecified atom stereocenters. The van der Waals surface area contributed by atoms with Crippen LogP contribution in [0.5, 0.6) is 17.4 Å². The Morgan fingerprint density at radius 1 is 1.31 bits per heavy atom. The van der Waals surface area contributed by atoms with Gasteiger partial charge in [0.1, 0.15) is 6.04 Å². The summed E-state index contributed by atoms with van der Waals surface area (Å²) in [5.41, 5.74) is 1.63. The molecular weight excluding hydrogens is 390 g/mol. The number of methoxy groups -OCH3 is 1. The van der Waals surface area contributed by atoms with Gasteiger partial charge in [0.05, 0.1) is 23.9 Å². The lowest BCUT2D eigenvalue weighted by molar-refractivity contribution is -0.135. The molecule has 4 rings (SSSR count). The van der Waals surface area contributed by atoms with Crippen molar-refractivity contribution in [3.8, 4) is 17.4 Å². The fourth-order valence-electron chi connectivity index (χ4n) is 3.73. The number of rotatable bonds is 5. The smallest absolute Gasteiger partial charge is 0.248 e. The molecule has 8 heteroatoms. The van der Waals surface area contributed by atoms with Crippen LogP contribution in [-0.4, -0.2) is 45.5 Å². The molecule has 2 aliphatic rings. The van der Waals surface area contributed by atoms with Gasteiger partial charge in [-0.15, -0.1) is 11.8 Å². The molecule has 2 atom stereocenters. The van der Waals surface area contributed by atoms with Crippen molar-refractivity contribution in [2.24, 2.45) is 0 Å². The number of aryl methyl sites for hydroxylation is 1. The summed E-state index contributed by atoms with van der Waals surface area (Å²) in [7, 11) is 1.59. The highest BCUT2D eigenvalue weighted by Gasteiger charge is 2.52. The maximum Gasteiger partial charge on any atom is 0.248 e. The minimum absolute atomic E-state index is 0.0477. The SMILES string of the molecule is COc1cc(C)ccc1Oc1ccc(NC(=O)[C@@H]2CS[C@@]3(C)CCC(=O)N23)cn1. The lowest BCUT2D eigenvalue weighted by Gasteiger charge is -2.29. The van der Waals surface area contributed by atoms with Crippen molar-refractivity contribution in [1.82, 2.24) is 9.88 Å². The van der Waals surface area contributed by atoms with Gasteiger partial charge in [-0.05, 0) is 44.0 Å². The van der Waals surface area contributed by atoms with Crippen LogP contribution in [0.2, 0.25) is 0 Å². The Balaban J connectivity index is 1.42. The van der Waals surface area contributed by atoms with E-state index in [1.807, 2.05) is 32.0 Å². The van der Waals surface area contributed by atoms with Crippen LogP contribution in [0.15, 0.2) is 36.5 Å². The van der Waals surface area contributed by atoms with Gasteiger partial charge in [-0.3, -0.25) is 9.59 Å². The molecule has 2 amide bonds. The molecule has 29 heavy (non-hydrogen) atoms. The number of aromatic nitrogens is 1. The molecule has 0 saturated carbocycles. The maximum absolute atomic E-state index is 12.7. The number of amides is 2.